The van der Waals surface area contributed by atoms with Crippen molar-refractivity contribution in [3.63, 3.8) is 0 Å². The maximum Gasteiger partial charge on any atom is 0.123 e. The Morgan fingerprint density at radius 1 is 0.724 bits per heavy atom. The highest BCUT2D eigenvalue weighted by Gasteiger charge is 2.09. The lowest BCUT2D eigenvalue weighted by atomic mass is 10.1. The molecular formula is C24H20ClN3S. The van der Waals surface area contributed by atoms with E-state index in [9.17, 15) is 0 Å². The smallest absolute Gasteiger partial charge is 0.123 e. The highest BCUT2D eigenvalue weighted by Crippen LogP contribution is 2.30. The number of hydrogen-bond acceptors (Lipinski definition) is 4. The first-order chi connectivity index (χ1) is 13.9. The second-order valence-corrected chi connectivity index (χ2v) is 7.57. The van der Waals surface area contributed by atoms with Crippen LogP contribution in [-0.4, -0.2) is 16.5 Å². The van der Waals surface area contributed by atoms with Crippen LogP contribution in [0.25, 0.3) is 32.4 Å². The van der Waals surface area contributed by atoms with Gasteiger partial charge in [-0.15, -0.1) is 23.7 Å². The van der Waals surface area contributed by atoms with E-state index in [1.54, 1.807) is 11.3 Å². The number of nitrogens with one attached hydrogen (secondary N) is 1. The van der Waals surface area contributed by atoms with E-state index in [1.165, 1.54) is 5.56 Å². The fourth-order valence-corrected chi connectivity index (χ4v) is 4.34. The van der Waals surface area contributed by atoms with Crippen molar-refractivity contribution in [1.82, 2.24) is 9.97 Å². The lowest BCUT2D eigenvalue weighted by Crippen LogP contribution is -2.06. The SMILES string of the molecule is Cl.c1ccc(-c2nc(CCNc3c4ccccc4nc4ccccc34)cs2)cc1. The molecule has 5 heteroatoms. The van der Waals surface area contributed by atoms with E-state index in [4.69, 9.17) is 9.97 Å². The van der Waals surface area contributed by atoms with Gasteiger partial charge in [0, 0.05) is 34.7 Å². The Labute approximate surface area is 179 Å². The second kappa shape index (κ2) is 8.60. The van der Waals surface area contributed by atoms with Gasteiger partial charge in [-0.25, -0.2) is 9.97 Å². The van der Waals surface area contributed by atoms with Gasteiger partial charge in [0.05, 0.1) is 22.4 Å². The Morgan fingerprint density at radius 2 is 1.34 bits per heavy atom. The summed E-state index contributed by atoms with van der Waals surface area (Å²) in [6.07, 6.45) is 0.883. The number of hydrogen-bond donors (Lipinski definition) is 1. The van der Waals surface area contributed by atoms with Gasteiger partial charge in [-0.3, -0.25) is 0 Å². The number of nitrogens with zero attached hydrogens (tertiary/aromatic N) is 2. The minimum atomic E-state index is 0. The van der Waals surface area contributed by atoms with Gasteiger partial charge in [-0.1, -0.05) is 66.7 Å². The van der Waals surface area contributed by atoms with Crippen LogP contribution >= 0.6 is 23.7 Å². The van der Waals surface area contributed by atoms with Crippen LogP contribution in [0.4, 0.5) is 5.69 Å². The number of aromatic nitrogens is 2. The van der Waals surface area contributed by atoms with E-state index in [-0.39, 0.29) is 12.4 Å². The normalized spacial score (nSPS) is 10.8. The molecule has 0 spiro atoms. The summed E-state index contributed by atoms with van der Waals surface area (Å²) in [7, 11) is 0. The lowest BCUT2D eigenvalue weighted by molar-refractivity contribution is 0.981. The Bertz CT molecular complexity index is 1200. The lowest BCUT2D eigenvalue weighted by Gasteiger charge is -2.12. The molecule has 144 valence electrons. The molecule has 0 saturated heterocycles. The van der Waals surface area contributed by atoms with Gasteiger partial charge in [0.2, 0.25) is 0 Å². The van der Waals surface area contributed by atoms with Crippen LogP contribution in [0.5, 0.6) is 0 Å². The Hall–Kier alpha value is -2.95. The zero-order valence-corrected chi connectivity index (χ0v) is 17.3. The van der Waals surface area contributed by atoms with Crippen LogP contribution in [0, 0.1) is 0 Å². The molecule has 2 aromatic heterocycles. The van der Waals surface area contributed by atoms with Crippen molar-refractivity contribution in [3.05, 3.63) is 89.9 Å². The van der Waals surface area contributed by atoms with E-state index in [0.29, 0.717) is 0 Å². The first-order valence-electron chi connectivity index (χ1n) is 9.40. The third-order valence-electron chi connectivity index (χ3n) is 4.84. The molecule has 0 aliphatic rings. The van der Waals surface area contributed by atoms with Crippen molar-refractivity contribution in [2.75, 3.05) is 11.9 Å². The molecular weight excluding hydrogens is 398 g/mol. The maximum atomic E-state index is 4.80. The molecule has 5 rings (SSSR count). The van der Waals surface area contributed by atoms with Gasteiger partial charge in [-0.2, -0.15) is 0 Å². The minimum absolute atomic E-state index is 0. The van der Waals surface area contributed by atoms with E-state index in [2.05, 4.69) is 71.4 Å². The Morgan fingerprint density at radius 3 is 2.03 bits per heavy atom. The molecule has 1 N–H and O–H groups in total. The molecule has 0 fully saturated rings. The summed E-state index contributed by atoms with van der Waals surface area (Å²) in [5, 5.41) is 9.21. The standard InChI is InChI=1S/C24H19N3S.ClH/c1-2-8-17(9-3-1)24-26-18(16-28-24)14-15-25-23-19-10-4-6-12-21(19)27-22-13-7-5-11-20(22)23;/h1-13,16H,14-15H2,(H,25,27);1H. The largest absolute Gasteiger partial charge is 0.384 e. The van der Waals surface area contributed by atoms with Crippen molar-refractivity contribution in [1.29, 1.82) is 0 Å². The topological polar surface area (TPSA) is 37.8 Å². The number of benzene rings is 3. The van der Waals surface area contributed by atoms with Crippen LogP contribution < -0.4 is 5.32 Å². The van der Waals surface area contributed by atoms with Gasteiger partial charge in [-0.05, 0) is 12.1 Å². The molecule has 29 heavy (non-hydrogen) atoms. The monoisotopic (exact) mass is 417 g/mol. The number of fused-ring (bicyclic) bond motifs is 2. The van der Waals surface area contributed by atoms with Crippen LogP contribution in [0.2, 0.25) is 0 Å². The number of halogens is 1. The number of para-hydroxylation sites is 2. The van der Waals surface area contributed by atoms with Gasteiger partial charge >= 0.3 is 0 Å². The molecule has 0 aliphatic carbocycles. The fourth-order valence-electron chi connectivity index (χ4n) is 3.48. The third kappa shape index (κ3) is 3.95. The summed E-state index contributed by atoms with van der Waals surface area (Å²) in [5.74, 6) is 0. The van der Waals surface area contributed by atoms with Crippen LogP contribution in [0.15, 0.2) is 84.2 Å². The van der Waals surface area contributed by atoms with Gasteiger partial charge in [0.15, 0.2) is 0 Å². The zero-order chi connectivity index (χ0) is 18.8. The summed E-state index contributed by atoms with van der Waals surface area (Å²) < 4.78 is 0. The fraction of sp³-hybridized carbons (Fsp3) is 0.0833. The number of rotatable bonds is 5. The van der Waals surface area contributed by atoms with E-state index in [0.717, 1.165) is 51.2 Å². The average molecular weight is 418 g/mol. The summed E-state index contributed by atoms with van der Waals surface area (Å²) in [4.78, 5) is 9.59. The third-order valence-corrected chi connectivity index (χ3v) is 5.78. The summed E-state index contributed by atoms with van der Waals surface area (Å²) in [6, 6.07) is 27.0. The number of pyridine rings is 1. The average Bonchev–Trinajstić information content (AvgIpc) is 3.23. The number of anilines is 1. The zero-order valence-electron chi connectivity index (χ0n) is 15.7. The molecule has 5 aromatic rings. The van der Waals surface area contributed by atoms with E-state index < -0.39 is 0 Å². The van der Waals surface area contributed by atoms with Crippen molar-refractivity contribution >= 4 is 51.2 Å². The van der Waals surface area contributed by atoms with Gasteiger partial charge < -0.3 is 5.32 Å². The minimum Gasteiger partial charge on any atom is -0.384 e. The summed E-state index contributed by atoms with van der Waals surface area (Å²) in [6.45, 7) is 0.829. The quantitative estimate of drug-likeness (QED) is 0.328. The van der Waals surface area contributed by atoms with E-state index >= 15 is 0 Å². The first kappa shape index (κ1) is 19.4. The first-order valence-corrected chi connectivity index (χ1v) is 10.3. The van der Waals surface area contributed by atoms with Crippen molar-refractivity contribution in [3.8, 4) is 10.6 Å². The molecule has 0 atom stereocenters. The van der Waals surface area contributed by atoms with Crippen molar-refractivity contribution in [2.45, 2.75) is 6.42 Å². The highest BCUT2D eigenvalue weighted by atomic mass is 35.5. The van der Waals surface area contributed by atoms with E-state index in [1.807, 2.05) is 18.2 Å². The van der Waals surface area contributed by atoms with Crippen LogP contribution in [0.1, 0.15) is 5.69 Å². The molecule has 0 bridgehead atoms. The Kier molecular flexibility index (Phi) is 5.74. The molecule has 0 radical (unpaired) electrons. The molecule has 0 amide bonds. The van der Waals surface area contributed by atoms with Crippen LogP contribution in [-0.2, 0) is 6.42 Å². The summed E-state index contributed by atoms with van der Waals surface area (Å²) >= 11 is 1.71. The molecule has 0 saturated carbocycles. The van der Waals surface area contributed by atoms with Gasteiger partial charge in [0.1, 0.15) is 5.01 Å². The molecule has 2 heterocycles. The molecule has 0 unspecified atom stereocenters. The number of thiazole rings is 1. The van der Waals surface area contributed by atoms with Crippen molar-refractivity contribution in [2.24, 2.45) is 0 Å². The summed E-state index contributed by atoms with van der Waals surface area (Å²) in [5.41, 5.74) is 5.49. The molecule has 3 aromatic carbocycles. The predicted octanol–water partition coefficient (Wildman–Crippen LogP) is 6.59. The Balaban J connectivity index is 0.00000205. The van der Waals surface area contributed by atoms with Gasteiger partial charge in [0.25, 0.3) is 0 Å². The molecule has 3 nitrogen and oxygen atoms in total. The predicted molar refractivity (Wildman–Crippen MR) is 126 cm³/mol. The highest BCUT2D eigenvalue weighted by molar-refractivity contribution is 7.13. The molecule has 0 aliphatic heterocycles. The van der Waals surface area contributed by atoms with Crippen LogP contribution in [0.3, 0.4) is 0 Å². The second-order valence-electron chi connectivity index (χ2n) is 6.71. The maximum absolute atomic E-state index is 4.80. The van der Waals surface area contributed by atoms with Crippen molar-refractivity contribution < 1.29 is 0 Å².